The lowest BCUT2D eigenvalue weighted by Crippen LogP contribution is -2.31. The molecular weight excluding hydrogens is 388 g/mol. The van der Waals surface area contributed by atoms with Crippen molar-refractivity contribution in [2.45, 2.75) is 59.8 Å². The summed E-state index contributed by atoms with van der Waals surface area (Å²) in [5.74, 6) is 0.437. The third kappa shape index (κ3) is 4.07. The van der Waals surface area contributed by atoms with Crippen molar-refractivity contribution >= 4 is 10.8 Å². The second kappa shape index (κ2) is 8.16. The largest absolute Gasteiger partial charge is 0.260 e. The van der Waals surface area contributed by atoms with Crippen molar-refractivity contribution in [3.63, 3.8) is 0 Å². The van der Waals surface area contributed by atoms with E-state index in [0.717, 1.165) is 11.3 Å². The Bertz CT molecular complexity index is 1290. The van der Waals surface area contributed by atoms with Gasteiger partial charge in [0.25, 0.3) is 0 Å². The van der Waals surface area contributed by atoms with Gasteiger partial charge in [-0.3, -0.25) is 4.98 Å². The average molecular weight is 424 g/mol. The first kappa shape index (κ1) is 22.2. The number of nitrogens with zero attached hydrogens (tertiary/aromatic N) is 2. The van der Waals surface area contributed by atoms with E-state index in [1.165, 1.54) is 44.3 Å². The Morgan fingerprint density at radius 2 is 1.66 bits per heavy atom. The zero-order chi connectivity index (χ0) is 23.2. The van der Waals surface area contributed by atoms with E-state index in [-0.39, 0.29) is 5.41 Å². The Balaban J connectivity index is 1.89. The van der Waals surface area contributed by atoms with Gasteiger partial charge in [0.15, 0.2) is 6.20 Å². The van der Waals surface area contributed by atoms with Gasteiger partial charge in [-0.05, 0) is 65.0 Å². The Morgan fingerprint density at radius 1 is 0.906 bits per heavy atom. The molecule has 2 aromatic carbocycles. The Labute approximate surface area is 193 Å². The molecule has 2 heteroatoms. The summed E-state index contributed by atoms with van der Waals surface area (Å²) in [7, 11) is 2.16. The molecule has 0 N–H and O–H groups in total. The lowest BCUT2D eigenvalue weighted by molar-refractivity contribution is -0.659. The minimum absolute atomic E-state index is 0.116. The number of fused-ring (bicyclic) bond motifs is 1. The molecule has 0 aliphatic rings. The van der Waals surface area contributed by atoms with Crippen LogP contribution in [-0.2, 0) is 12.5 Å². The number of aromatic nitrogens is 2. The van der Waals surface area contributed by atoms with Gasteiger partial charge >= 0.3 is 0 Å². The third-order valence-corrected chi connectivity index (χ3v) is 6.63. The molecule has 4 aromatic rings. The summed E-state index contributed by atoms with van der Waals surface area (Å²) in [5, 5.41) is 2.50. The quantitative estimate of drug-likeness (QED) is 0.313. The monoisotopic (exact) mass is 423 g/mol. The van der Waals surface area contributed by atoms with E-state index in [2.05, 4.69) is 115 Å². The van der Waals surface area contributed by atoms with Crippen molar-refractivity contribution in [1.82, 2.24) is 4.98 Å². The smallest absolute Gasteiger partial charge is 0.213 e. The number of hydrogen-bond acceptors (Lipinski definition) is 1. The molecule has 0 radical (unpaired) electrons. The lowest BCUT2D eigenvalue weighted by atomic mass is 9.83. The van der Waals surface area contributed by atoms with Crippen molar-refractivity contribution in [2.75, 3.05) is 0 Å². The highest BCUT2D eigenvalue weighted by atomic mass is 14.9. The normalized spacial score (nSPS) is 12.0. The zero-order valence-corrected chi connectivity index (χ0v) is 20.7. The minimum atomic E-state index is 0.116. The molecule has 0 bridgehead atoms. The first-order chi connectivity index (χ1) is 15.1. The van der Waals surface area contributed by atoms with Gasteiger partial charge in [-0.15, -0.1) is 0 Å². The first-order valence-corrected chi connectivity index (χ1v) is 11.6. The fraction of sp³-hybridized carbons (Fsp3) is 0.333. The predicted molar refractivity (Wildman–Crippen MR) is 136 cm³/mol. The second-order valence-corrected chi connectivity index (χ2v) is 10.4. The standard InChI is InChI=1S/C30H35N2/c1-19(2)28-13-12-23(17-31-28)25-11-9-10-22-15-29(32(8)18-27(22)25)26-16-24(30(5,6)7)14-20(3)21(26)4/h9-19H,1-8H3/q+1. The van der Waals surface area contributed by atoms with Gasteiger partial charge in [0.1, 0.15) is 7.05 Å². The molecular formula is C30H35N2+. The number of aryl methyl sites for hydroxylation is 2. The predicted octanol–water partition coefficient (Wildman–Crippen LogP) is 7.43. The zero-order valence-electron chi connectivity index (χ0n) is 20.7. The molecule has 4 rings (SSSR count). The van der Waals surface area contributed by atoms with Crippen LogP contribution < -0.4 is 4.57 Å². The van der Waals surface area contributed by atoms with Crippen LogP contribution in [0.25, 0.3) is 33.2 Å². The van der Waals surface area contributed by atoms with Crippen LogP contribution >= 0.6 is 0 Å². The van der Waals surface area contributed by atoms with Crippen molar-refractivity contribution in [3.8, 4) is 22.4 Å². The van der Waals surface area contributed by atoms with E-state index in [1.54, 1.807) is 0 Å². The molecule has 164 valence electrons. The highest BCUT2D eigenvalue weighted by Gasteiger charge is 2.21. The molecule has 0 aliphatic heterocycles. The molecule has 32 heavy (non-hydrogen) atoms. The van der Waals surface area contributed by atoms with Crippen LogP contribution in [0.4, 0.5) is 0 Å². The SMILES string of the molecule is Cc1cc(C(C)(C)C)cc(-c2cc3cccc(-c4ccc(C(C)C)nc4)c3c[n+]2C)c1C. The maximum absolute atomic E-state index is 4.70. The van der Waals surface area contributed by atoms with Crippen LogP contribution in [0.2, 0.25) is 0 Å². The molecule has 0 saturated heterocycles. The van der Waals surface area contributed by atoms with E-state index in [4.69, 9.17) is 4.98 Å². The Hall–Kier alpha value is -3.00. The van der Waals surface area contributed by atoms with Crippen LogP contribution in [0, 0.1) is 13.8 Å². The molecule has 2 nitrogen and oxygen atoms in total. The summed E-state index contributed by atoms with van der Waals surface area (Å²) in [5.41, 5.74) is 10.3. The van der Waals surface area contributed by atoms with Gasteiger partial charge in [-0.2, -0.15) is 0 Å². The van der Waals surface area contributed by atoms with Crippen LogP contribution in [-0.4, -0.2) is 4.98 Å². The summed E-state index contributed by atoms with van der Waals surface area (Å²) in [4.78, 5) is 4.70. The molecule has 0 aliphatic carbocycles. The molecule has 0 fully saturated rings. The van der Waals surface area contributed by atoms with Crippen LogP contribution in [0.5, 0.6) is 0 Å². The Morgan fingerprint density at radius 3 is 2.28 bits per heavy atom. The van der Waals surface area contributed by atoms with Crippen LogP contribution in [0.15, 0.2) is 60.9 Å². The fourth-order valence-electron chi connectivity index (χ4n) is 4.35. The summed E-state index contributed by atoms with van der Waals surface area (Å²) >= 11 is 0. The number of rotatable bonds is 3. The summed E-state index contributed by atoms with van der Waals surface area (Å²) in [6, 6.07) is 18.0. The van der Waals surface area contributed by atoms with Crippen molar-refractivity contribution in [3.05, 3.63) is 83.3 Å². The lowest BCUT2D eigenvalue weighted by Gasteiger charge is -2.22. The van der Waals surface area contributed by atoms with Crippen molar-refractivity contribution in [1.29, 1.82) is 0 Å². The van der Waals surface area contributed by atoms with Gasteiger partial charge < -0.3 is 0 Å². The van der Waals surface area contributed by atoms with Gasteiger partial charge in [-0.1, -0.05) is 65.0 Å². The molecule has 0 amide bonds. The van der Waals surface area contributed by atoms with E-state index in [9.17, 15) is 0 Å². The molecule has 2 heterocycles. The molecule has 2 aromatic heterocycles. The molecule has 0 unspecified atom stereocenters. The second-order valence-electron chi connectivity index (χ2n) is 10.4. The van der Waals surface area contributed by atoms with E-state index >= 15 is 0 Å². The minimum Gasteiger partial charge on any atom is -0.260 e. The fourth-order valence-corrected chi connectivity index (χ4v) is 4.35. The third-order valence-electron chi connectivity index (χ3n) is 6.63. The van der Waals surface area contributed by atoms with Crippen molar-refractivity contribution in [2.24, 2.45) is 7.05 Å². The number of benzene rings is 2. The van der Waals surface area contributed by atoms with Crippen molar-refractivity contribution < 1.29 is 4.57 Å². The molecule has 0 saturated carbocycles. The number of pyridine rings is 2. The van der Waals surface area contributed by atoms with Gasteiger partial charge in [0, 0.05) is 29.1 Å². The highest BCUT2D eigenvalue weighted by molar-refractivity contribution is 5.96. The van der Waals surface area contributed by atoms with E-state index in [1.807, 2.05) is 6.20 Å². The molecule has 0 spiro atoms. The van der Waals surface area contributed by atoms with Gasteiger partial charge in [0.05, 0.1) is 5.39 Å². The van der Waals surface area contributed by atoms with Gasteiger partial charge in [-0.25, -0.2) is 4.57 Å². The summed E-state index contributed by atoms with van der Waals surface area (Å²) in [6.07, 6.45) is 4.28. The maximum atomic E-state index is 4.70. The van der Waals surface area contributed by atoms with E-state index < -0.39 is 0 Å². The highest BCUT2D eigenvalue weighted by Crippen LogP contribution is 2.34. The van der Waals surface area contributed by atoms with E-state index in [0.29, 0.717) is 5.92 Å². The summed E-state index contributed by atoms with van der Waals surface area (Å²) in [6.45, 7) is 15.7. The maximum Gasteiger partial charge on any atom is 0.213 e. The first-order valence-electron chi connectivity index (χ1n) is 11.6. The van der Waals surface area contributed by atoms with Crippen LogP contribution in [0.3, 0.4) is 0 Å². The van der Waals surface area contributed by atoms with Crippen LogP contribution in [0.1, 0.15) is 62.9 Å². The number of hydrogen-bond donors (Lipinski definition) is 0. The average Bonchev–Trinajstić information content (AvgIpc) is 2.74. The summed E-state index contributed by atoms with van der Waals surface area (Å²) < 4.78 is 2.27. The topological polar surface area (TPSA) is 16.8 Å². The van der Waals surface area contributed by atoms with Gasteiger partial charge in [0.2, 0.25) is 5.69 Å². The Kier molecular flexibility index (Phi) is 5.67. The molecule has 0 atom stereocenters.